The molecule has 5 nitrogen and oxygen atoms in total. The summed E-state index contributed by atoms with van der Waals surface area (Å²) in [7, 11) is 2.13. The fourth-order valence-corrected chi connectivity index (χ4v) is 3.04. The van der Waals surface area contributed by atoms with Crippen molar-refractivity contribution in [3.63, 3.8) is 0 Å². The maximum absolute atomic E-state index is 6.51. The Morgan fingerprint density at radius 1 is 1.12 bits per heavy atom. The number of hydrogen-bond donors (Lipinski definition) is 0. The van der Waals surface area contributed by atoms with Crippen LogP contribution in [-0.2, 0) is 6.54 Å². The molecular weight excluding hydrogens is 345 g/mol. The van der Waals surface area contributed by atoms with Crippen LogP contribution in [0.5, 0.6) is 0 Å². The third-order valence-electron chi connectivity index (χ3n) is 4.18. The minimum atomic E-state index is 0.610. The highest BCUT2D eigenvalue weighted by molar-refractivity contribution is 6.32. The summed E-state index contributed by atoms with van der Waals surface area (Å²) >= 11 is 12.4. The Bertz CT molecular complexity index is 715. The van der Waals surface area contributed by atoms with E-state index in [2.05, 4.69) is 27.2 Å². The molecule has 0 unspecified atom stereocenters. The number of hydrogen-bond acceptors (Lipinski definition) is 4. The smallest absolute Gasteiger partial charge is 0.136 e. The van der Waals surface area contributed by atoms with Crippen LogP contribution in [0.1, 0.15) is 16.8 Å². The maximum Gasteiger partial charge on any atom is 0.136 e. The lowest BCUT2D eigenvalue weighted by Gasteiger charge is -2.30. The lowest BCUT2D eigenvalue weighted by atomic mass is 10.2. The second-order valence-electron chi connectivity index (χ2n) is 6.08. The number of likely N-dealkylation sites (N-methyl/N-ethyl adjacent to an activating group) is 1. The molecule has 24 heavy (non-hydrogen) atoms. The minimum Gasteiger partial charge on any atom is -0.303 e. The zero-order valence-electron chi connectivity index (χ0n) is 13.9. The van der Waals surface area contributed by atoms with Gasteiger partial charge in [-0.25, -0.2) is 4.68 Å². The molecule has 0 N–H and O–H groups in total. The van der Waals surface area contributed by atoms with Crippen LogP contribution in [-0.4, -0.2) is 59.1 Å². The van der Waals surface area contributed by atoms with Crippen molar-refractivity contribution in [2.45, 2.75) is 13.5 Å². The molecule has 1 aliphatic rings. The van der Waals surface area contributed by atoms with Crippen LogP contribution < -0.4 is 0 Å². The van der Waals surface area contributed by atoms with Crippen molar-refractivity contribution in [2.75, 3.05) is 33.2 Å². The second kappa shape index (κ2) is 7.55. The molecular formula is C17H21Cl2N5. The third-order valence-corrected chi connectivity index (χ3v) is 4.84. The molecule has 0 atom stereocenters. The van der Waals surface area contributed by atoms with E-state index < -0.39 is 0 Å². The van der Waals surface area contributed by atoms with E-state index in [1.54, 1.807) is 4.68 Å². The summed E-state index contributed by atoms with van der Waals surface area (Å²) in [6.45, 7) is 6.49. The molecule has 1 aromatic carbocycles. The van der Waals surface area contributed by atoms with Gasteiger partial charge < -0.3 is 4.90 Å². The van der Waals surface area contributed by atoms with Crippen molar-refractivity contribution in [1.29, 1.82) is 0 Å². The number of aryl methyl sites for hydroxylation is 1. The van der Waals surface area contributed by atoms with Crippen molar-refractivity contribution in [1.82, 2.24) is 19.7 Å². The van der Waals surface area contributed by atoms with Gasteiger partial charge in [-0.3, -0.25) is 5.01 Å². The molecule has 1 saturated heterocycles. The third kappa shape index (κ3) is 4.09. The molecule has 2 heterocycles. The second-order valence-corrected chi connectivity index (χ2v) is 6.87. The molecule has 3 rings (SSSR count). The number of halogens is 2. The van der Waals surface area contributed by atoms with E-state index in [0.29, 0.717) is 11.7 Å². The first-order chi connectivity index (χ1) is 11.5. The quantitative estimate of drug-likeness (QED) is 0.781. The monoisotopic (exact) mass is 365 g/mol. The van der Waals surface area contributed by atoms with Gasteiger partial charge in [0.1, 0.15) is 5.15 Å². The molecule has 2 aromatic rings. The Morgan fingerprint density at radius 3 is 2.46 bits per heavy atom. The zero-order valence-corrected chi connectivity index (χ0v) is 15.4. The maximum atomic E-state index is 6.51. The van der Waals surface area contributed by atoms with Crippen LogP contribution in [0.3, 0.4) is 0 Å². The molecule has 0 spiro atoms. The topological polar surface area (TPSA) is 36.7 Å². The minimum absolute atomic E-state index is 0.610. The van der Waals surface area contributed by atoms with E-state index in [1.807, 2.05) is 37.4 Å². The van der Waals surface area contributed by atoms with Crippen LogP contribution in [0.15, 0.2) is 29.4 Å². The van der Waals surface area contributed by atoms with Gasteiger partial charge in [-0.1, -0.05) is 35.3 Å². The van der Waals surface area contributed by atoms with Gasteiger partial charge in [0.2, 0.25) is 0 Å². The van der Waals surface area contributed by atoms with Crippen molar-refractivity contribution in [3.05, 3.63) is 51.3 Å². The van der Waals surface area contributed by atoms with E-state index in [-0.39, 0.29) is 0 Å². The summed E-state index contributed by atoms with van der Waals surface area (Å²) in [6, 6.07) is 7.70. The average Bonchev–Trinajstić information content (AvgIpc) is 2.83. The average molecular weight is 366 g/mol. The van der Waals surface area contributed by atoms with Gasteiger partial charge in [0.15, 0.2) is 0 Å². The van der Waals surface area contributed by atoms with Crippen molar-refractivity contribution in [2.24, 2.45) is 5.10 Å². The first-order valence-corrected chi connectivity index (χ1v) is 8.73. The van der Waals surface area contributed by atoms with Crippen LogP contribution in [0.25, 0.3) is 0 Å². The number of hydrazone groups is 1. The van der Waals surface area contributed by atoms with Gasteiger partial charge >= 0.3 is 0 Å². The molecule has 1 aliphatic heterocycles. The molecule has 128 valence electrons. The van der Waals surface area contributed by atoms with E-state index in [9.17, 15) is 0 Å². The van der Waals surface area contributed by atoms with Gasteiger partial charge in [-0.05, 0) is 31.7 Å². The molecule has 0 radical (unpaired) electrons. The Labute approximate surface area is 152 Å². The highest BCUT2D eigenvalue weighted by Gasteiger charge is 2.14. The number of piperazine rings is 1. The summed E-state index contributed by atoms with van der Waals surface area (Å²) in [5, 5.41) is 12.5. The lowest BCUT2D eigenvalue weighted by molar-refractivity contribution is 0.159. The van der Waals surface area contributed by atoms with E-state index in [4.69, 9.17) is 23.2 Å². The molecule has 1 aromatic heterocycles. The predicted octanol–water partition coefficient (Wildman–Crippen LogP) is 3.13. The van der Waals surface area contributed by atoms with Gasteiger partial charge in [0.05, 0.1) is 24.0 Å². The van der Waals surface area contributed by atoms with Crippen LogP contribution in [0.4, 0.5) is 0 Å². The Morgan fingerprint density at radius 2 is 1.79 bits per heavy atom. The SMILES string of the molecule is Cc1nn(Cc2ccc(Cl)cc2)c(Cl)c1/C=N\N1CCN(C)CC1. The largest absolute Gasteiger partial charge is 0.303 e. The summed E-state index contributed by atoms with van der Waals surface area (Å²) in [4.78, 5) is 2.30. The highest BCUT2D eigenvalue weighted by atomic mass is 35.5. The van der Waals surface area contributed by atoms with Gasteiger partial charge in [0, 0.05) is 31.2 Å². The molecule has 0 bridgehead atoms. The Kier molecular flexibility index (Phi) is 5.43. The first-order valence-electron chi connectivity index (χ1n) is 7.98. The van der Waals surface area contributed by atoms with Crippen molar-refractivity contribution >= 4 is 29.4 Å². The molecule has 0 amide bonds. The summed E-state index contributed by atoms with van der Waals surface area (Å²) in [5.74, 6) is 0. The van der Waals surface area contributed by atoms with Gasteiger partial charge in [0.25, 0.3) is 0 Å². The number of nitrogens with zero attached hydrogens (tertiary/aromatic N) is 5. The van der Waals surface area contributed by atoms with E-state index >= 15 is 0 Å². The van der Waals surface area contributed by atoms with Crippen LogP contribution in [0, 0.1) is 6.92 Å². The fraction of sp³-hybridized carbons (Fsp3) is 0.412. The number of benzene rings is 1. The zero-order chi connectivity index (χ0) is 17.1. The first kappa shape index (κ1) is 17.3. The van der Waals surface area contributed by atoms with Crippen molar-refractivity contribution in [3.8, 4) is 0 Å². The molecule has 0 aliphatic carbocycles. The summed E-state index contributed by atoms with van der Waals surface area (Å²) in [5.41, 5.74) is 2.86. The summed E-state index contributed by atoms with van der Waals surface area (Å²) in [6.07, 6.45) is 1.83. The fourth-order valence-electron chi connectivity index (χ4n) is 2.63. The standard InChI is InChI=1S/C17H21Cl2N5/c1-13-16(11-20-23-9-7-22(2)8-10-23)17(19)24(21-13)12-14-3-5-15(18)6-4-14/h3-6,11H,7-10,12H2,1-2H3/b20-11-. The number of rotatable bonds is 4. The van der Waals surface area contributed by atoms with E-state index in [0.717, 1.165) is 48.0 Å². The van der Waals surface area contributed by atoms with Crippen LogP contribution >= 0.6 is 23.2 Å². The molecule has 1 fully saturated rings. The Hall–Kier alpha value is -1.56. The summed E-state index contributed by atoms with van der Waals surface area (Å²) < 4.78 is 1.80. The van der Waals surface area contributed by atoms with Crippen LogP contribution in [0.2, 0.25) is 10.2 Å². The van der Waals surface area contributed by atoms with E-state index in [1.165, 1.54) is 0 Å². The normalized spacial score (nSPS) is 16.2. The predicted molar refractivity (Wildman–Crippen MR) is 99.2 cm³/mol. The number of aromatic nitrogens is 2. The van der Waals surface area contributed by atoms with Gasteiger partial charge in [-0.15, -0.1) is 0 Å². The highest BCUT2D eigenvalue weighted by Crippen LogP contribution is 2.20. The van der Waals surface area contributed by atoms with Gasteiger partial charge in [-0.2, -0.15) is 10.2 Å². The molecule has 0 saturated carbocycles. The molecule has 7 heteroatoms. The lowest BCUT2D eigenvalue weighted by Crippen LogP contribution is -2.41. The Balaban J connectivity index is 1.73. The van der Waals surface area contributed by atoms with Crippen molar-refractivity contribution < 1.29 is 0 Å².